The zero-order valence-corrected chi connectivity index (χ0v) is 15.1. The van der Waals surface area contributed by atoms with E-state index < -0.39 is 6.10 Å². The summed E-state index contributed by atoms with van der Waals surface area (Å²) in [7, 11) is 0. The van der Waals surface area contributed by atoms with Gasteiger partial charge in [-0.3, -0.25) is 4.79 Å². The summed E-state index contributed by atoms with van der Waals surface area (Å²) in [6.45, 7) is 5.26. The van der Waals surface area contributed by atoms with Crippen molar-refractivity contribution in [2.75, 3.05) is 31.6 Å². The van der Waals surface area contributed by atoms with Gasteiger partial charge in [-0.15, -0.1) is 0 Å². The molecule has 1 fully saturated rings. The highest BCUT2D eigenvalue weighted by molar-refractivity contribution is 6.02. The quantitative estimate of drug-likeness (QED) is 0.796. The predicted molar refractivity (Wildman–Crippen MR) is 99.4 cm³/mol. The van der Waals surface area contributed by atoms with Crippen molar-refractivity contribution in [3.8, 4) is 5.75 Å². The average molecular weight is 358 g/mol. The van der Waals surface area contributed by atoms with E-state index in [2.05, 4.69) is 17.1 Å². The van der Waals surface area contributed by atoms with Crippen LogP contribution in [0.5, 0.6) is 5.75 Å². The van der Waals surface area contributed by atoms with E-state index >= 15 is 0 Å². The van der Waals surface area contributed by atoms with Gasteiger partial charge in [-0.05, 0) is 68.2 Å². The molecule has 26 heavy (non-hydrogen) atoms. The predicted octanol–water partition coefficient (Wildman–Crippen LogP) is 3.00. The average Bonchev–Trinajstić information content (AvgIpc) is 3.18. The largest absolute Gasteiger partial charge is 0.491 e. The molecule has 1 aromatic carbocycles. The number of ether oxygens (including phenoxy) is 1. The van der Waals surface area contributed by atoms with E-state index in [0.717, 1.165) is 19.0 Å². The van der Waals surface area contributed by atoms with Crippen LogP contribution in [0.25, 0.3) is 0 Å². The minimum absolute atomic E-state index is 0.254. The fraction of sp³-hybridized carbons (Fsp3) is 0.450. The van der Waals surface area contributed by atoms with Crippen LogP contribution in [0.1, 0.15) is 30.3 Å². The van der Waals surface area contributed by atoms with E-state index in [9.17, 15) is 9.90 Å². The number of rotatable bonds is 7. The van der Waals surface area contributed by atoms with Crippen molar-refractivity contribution in [3.63, 3.8) is 0 Å². The summed E-state index contributed by atoms with van der Waals surface area (Å²) < 4.78 is 10.7. The molecule has 1 saturated heterocycles. The molecule has 0 aliphatic carbocycles. The molecule has 2 aromatic rings. The van der Waals surface area contributed by atoms with Crippen molar-refractivity contribution in [2.24, 2.45) is 5.92 Å². The first-order chi connectivity index (χ1) is 12.6. The Morgan fingerprint density at radius 2 is 2.04 bits per heavy atom. The Labute approximate surface area is 153 Å². The highest BCUT2D eigenvalue weighted by atomic mass is 16.5. The van der Waals surface area contributed by atoms with Crippen LogP contribution in [0, 0.1) is 5.92 Å². The number of aliphatic hydroxyl groups is 1. The Morgan fingerprint density at radius 3 is 2.69 bits per heavy atom. The van der Waals surface area contributed by atoms with Gasteiger partial charge >= 0.3 is 0 Å². The molecule has 1 aliphatic heterocycles. The first kappa shape index (κ1) is 18.5. The van der Waals surface area contributed by atoms with Crippen LogP contribution in [-0.2, 0) is 0 Å². The second kappa shape index (κ2) is 8.87. The second-order valence-electron chi connectivity index (χ2n) is 6.90. The van der Waals surface area contributed by atoms with Crippen LogP contribution in [0.2, 0.25) is 0 Å². The number of aliphatic hydroxyl groups excluding tert-OH is 1. The molecule has 0 saturated carbocycles. The van der Waals surface area contributed by atoms with Gasteiger partial charge in [0.15, 0.2) is 5.76 Å². The molecule has 0 unspecified atom stereocenters. The molecule has 6 heteroatoms. The number of carbonyl (C=O) groups is 1. The van der Waals surface area contributed by atoms with E-state index in [1.54, 1.807) is 36.4 Å². The van der Waals surface area contributed by atoms with E-state index in [4.69, 9.17) is 9.15 Å². The van der Waals surface area contributed by atoms with Crippen molar-refractivity contribution < 1.29 is 19.1 Å². The summed E-state index contributed by atoms with van der Waals surface area (Å²) in [5, 5.41) is 12.9. The van der Waals surface area contributed by atoms with Crippen molar-refractivity contribution in [1.29, 1.82) is 0 Å². The summed E-state index contributed by atoms with van der Waals surface area (Å²) in [6.07, 6.45) is 3.33. The number of likely N-dealkylation sites (tertiary alicyclic amines) is 1. The Hall–Kier alpha value is -2.31. The van der Waals surface area contributed by atoms with Gasteiger partial charge in [-0.1, -0.05) is 6.92 Å². The van der Waals surface area contributed by atoms with Gasteiger partial charge in [0.25, 0.3) is 5.91 Å². The number of furan rings is 1. The van der Waals surface area contributed by atoms with E-state index in [1.165, 1.54) is 19.1 Å². The van der Waals surface area contributed by atoms with Gasteiger partial charge < -0.3 is 24.5 Å². The van der Waals surface area contributed by atoms with Crippen molar-refractivity contribution in [2.45, 2.75) is 25.9 Å². The molecule has 2 heterocycles. The minimum Gasteiger partial charge on any atom is -0.491 e. The molecule has 1 aromatic heterocycles. The van der Waals surface area contributed by atoms with E-state index in [0.29, 0.717) is 18.0 Å². The number of nitrogens with one attached hydrogen (secondary N) is 1. The fourth-order valence-corrected chi connectivity index (χ4v) is 3.02. The summed E-state index contributed by atoms with van der Waals surface area (Å²) >= 11 is 0. The third-order valence-electron chi connectivity index (χ3n) is 4.64. The molecule has 1 atom stereocenters. The first-order valence-electron chi connectivity index (χ1n) is 9.08. The summed E-state index contributed by atoms with van der Waals surface area (Å²) in [5.74, 6) is 1.41. The monoisotopic (exact) mass is 358 g/mol. The topological polar surface area (TPSA) is 74.9 Å². The molecule has 2 N–H and O–H groups in total. The van der Waals surface area contributed by atoms with Gasteiger partial charge in [-0.25, -0.2) is 0 Å². The second-order valence-corrected chi connectivity index (χ2v) is 6.90. The maximum absolute atomic E-state index is 11.9. The molecule has 6 nitrogen and oxygen atoms in total. The van der Waals surface area contributed by atoms with E-state index in [1.807, 2.05) is 0 Å². The number of piperidine rings is 1. The Balaban J connectivity index is 1.41. The van der Waals surface area contributed by atoms with Gasteiger partial charge in [0.1, 0.15) is 18.5 Å². The SMILES string of the molecule is CC1CCN(C[C@@H](O)COc2ccc(NC(=O)c3ccco3)cc2)CC1. The number of nitrogens with zero attached hydrogens (tertiary/aromatic N) is 1. The maximum Gasteiger partial charge on any atom is 0.291 e. The molecule has 1 aliphatic rings. The molecular formula is C20H26N2O4. The summed E-state index contributed by atoms with van der Waals surface area (Å²) in [4.78, 5) is 14.2. The van der Waals surface area contributed by atoms with Crippen LogP contribution in [0.3, 0.4) is 0 Å². The van der Waals surface area contributed by atoms with Crippen LogP contribution in [0.15, 0.2) is 47.1 Å². The molecule has 3 rings (SSSR count). The number of anilines is 1. The van der Waals surface area contributed by atoms with Crippen LogP contribution < -0.4 is 10.1 Å². The van der Waals surface area contributed by atoms with Crippen molar-refractivity contribution >= 4 is 11.6 Å². The zero-order valence-electron chi connectivity index (χ0n) is 15.1. The van der Waals surface area contributed by atoms with Crippen molar-refractivity contribution in [1.82, 2.24) is 4.90 Å². The normalized spacial score (nSPS) is 17.0. The molecule has 0 radical (unpaired) electrons. The highest BCUT2D eigenvalue weighted by Gasteiger charge is 2.18. The van der Waals surface area contributed by atoms with Crippen molar-refractivity contribution in [3.05, 3.63) is 48.4 Å². The molecular weight excluding hydrogens is 332 g/mol. The highest BCUT2D eigenvalue weighted by Crippen LogP contribution is 2.18. The fourth-order valence-electron chi connectivity index (χ4n) is 3.02. The Morgan fingerprint density at radius 1 is 1.31 bits per heavy atom. The van der Waals surface area contributed by atoms with Crippen LogP contribution in [0.4, 0.5) is 5.69 Å². The number of hydrogen-bond acceptors (Lipinski definition) is 5. The third-order valence-corrected chi connectivity index (χ3v) is 4.64. The lowest BCUT2D eigenvalue weighted by atomic mass is 9.99. The number of β-amino-alcohol motifs (C(OH)–C–C–N with tert-alkyl or cyclic N) is 1. The summed E-state index contributed by atoms with van der Waals surface area (Å²) in [5.41, 5.74) is 0.654. The lowest BCUT2D eigenvalue weighted by molar-refractivity contribution is 0.0563. The Kier molecular flexibility index (Phi) is 6.30. The van der Waals surface area contributed by atoms with Gasteiger partial charge in [0.05, 0.1) is 6.26 Å². The molecule has 0 spiro atoms. The lowest BCUT2D eigenvalue weighted by Crippen LogP contribution is -2.40. The number of hydrogen-bond donors (Lipinski definition) is 2. The molecule has 140 valence electrons. The van der Waals surface area contributed by atoms with Crippen LogP contribution >= 0.6 is 0 Å². The van der Waals surface area contributed by atoms with Gasteiger partial charge in [0.2, 0.25) is 0 Å². The zero-order chi connectivity index (χ0) is 18.4. The smallest absolute Gasteiger partial charge is 0.291 e. The molecule has 0 bridgehead atoms. The van der Waals surface area contributed by atoms with Gasteiger partial charge in [-0.2, -0.15) is 0 Å². The summed E-state index contributed by atoms with van der Waals surface area (Å²) in [6, 6.07) is 10.3. The van der Waals surface area contributed by atoms with Gasteiger partial charge in [0, 0.05) is 12.2 Å². The van der Waals surface area contributed by atoms with E-state index in [-0.39, 0.29) is 18.3 Å². The molecule has 1 amide bonds. The lowest BCUT2D eigenvalue weighted by Gasteiger charge is -2.31. The number of benzene rings is 1. The first-order valence-corrected chi connectivity index (χ1v) is 9.08. The number of carbonyl (C=O) groups excluding carboxylic acids is 1. The standard InChI is InChI=1S/C20H26N2O4/c1-15-8-10-22(11-9-15)13-17(23)14-26-18-6-4-16(5-7-18)21-20(24)19-3-2-12-25-19/h2-7,12,15,17,23H,8-11,13-14H2,1H3,(H,21,24)/t17-/m1/s1. The third kappa shape index (κ3) is 5.34. The number of amides is 1. The Bertz CT molecular complexity index is 676. The maximum atomic E-state index is 11.9. The van der Waals surface area contributed by atoms with Crippen LogP contribution in [-0.4, -0.2) is 48.3 Å². The minimum atomic E-state index is -0.512.